The van der Waals surface area contributed by atoms with Crippen molar-refractivity contribution in [2.75, 3.05) is 20.0 Å². The maximum atomic E-state index is 12.8. The molecule has 0 fully saturated rings. The molecule has 0 aliphatic carbocycles. The summed E-state index contributed by atoms with van der Waals surface area (Å²) in [5.41, 5.74) is 2.10. The van der Waals surface area contributed by atoms with Gasteiger partial charge < -0.3 is 19.5 Å². The predicted molar refractivity (Wildman–Crippen MR) is 120 cm³/mol. The number of benzene rings is 2. The van der Waals surface area contributed by atoms with E-state index < -0.39 is 17.9 Å². The van der Waals surface area contributed by atoms with Crippen LogP contribution in [0.3, 0.4) is 0 Å². The van der Waals surface area contributed by atoms with Crippen molar-refractivity contribution in [1.29, 1.82) is 0 Å². The molecule has 2 amide bonds. The predicted octanol–water partition coefficient (Wildman–Crippen LogP) is 3.68. The summed E-state index contributed by atoms with van der Waals surface area (Å²) in [4.78, 5) is 24.7. The Hall–Kier alpha value is -3.20. The first kappa shape index (κ1) is 25.1. The summed E-state index contributed by atoms with van der Waals surface area (Å²) in [5, 5.41) is 11.9. The van der Waals surface area contributed by atoms with Gasteiger partial charge in [0.1, 0.15) is 18.3 Å². The molecule has 0 radical (unpaired) electrons. The molecular formula is C24H30N2O6. The Morgan fingerprint density at radius 2 is 1.75 bits per heavy atom. The van der Waals surface area contributed by atoms with Crippen molar-refractivity contribution in [3.63, 3.8) is 0 Å². The van der Waals surface area contributed by atoms with E-state index in [4.69, 9.17) is 19.4 Å². The molecule has 3 N–H and O–H groups in total. The van der Waals surface area contributed by atoms with Gasteiger partial charge in [-0.2, -0.15) is 0 Å². The largest absolute Gasteiger partial charge is 0.457 e. The SMILES string of the molecule is C=CC[C@H](C[C@H](COCOCC)NC(=O)c1ccc(Oc2ccccc2)cc1)C(=O)NO. The minimum absolute atomic E-state index is 0.0761. The lowest BCUT2D eigenvalue weighted by Gasteiger charge is -2.23. The maximum Gasteiger partial charge on any atom is 0.251 e. The molecule has 2 rings (SSSR count). The van der Waals surface area contributed by atoms with E-state index in [0.29, 0.717) is 30.1 Å². The van der Waals surface area contributed by atoms with Gasteiger partial charge in [-0.05, 0) is 56.2 Å². The van der Waals surface area contributed by atoms with E-state index in [1.165, 1.54) is 0 Å². The number of para-hydroxylation sites is 1. The number of rotatable bonds is 14. The van der Waals surface area contributed by atoms with E-state index in [1.54, 1.807) is 35.8 Å². The van der Waals surface area contributed by atoms with Crippen LogP contribution < -0.4 is 15.5 Å². The minimum Gasteiger partial charge on any atom is -0.457 e. The number of nitrogens with one attached hydrogen (secondary N) is 2. The lowest BCUT2D eigenvalue weighted by molar-refractivity contribution is -0.134. The molecule has 0 saturated carbocycles. The van der Waals surface area contributed by atoms with Crippen molar-refractivity contribution in [3.05, 3.63) is 72.8 Å². The van der Waals surface area contributed by atoms with Gasteiger partial charge in [0.25, 0.3) is 5.91 Å². The van der Waals surface area contributed by atoms with Gasteiger partial charge in [0.05, 0.1) is 12.6 Å². The number of hydrogen-bond acceptors (Lipinski definition) is 6. The molecular weight excluding hydrogens is 412 g/mol. The Bertz CT molecular complexity index is 841. The second-order valence-electron chi connectivity index (χ2n) is 7.02. The Kier molecular flexibility index (Phi) is 10.9. The summed E-state index contributed by atoms with van der Waals surface area (Å²) >= 11 is 0. The molecule has 32 heavy (non-hydrogen) atoms. The van der Waals surface area contributed by atoms with E-state index in [0.717, 1.165) is 0 Å². The number of hydroxylamine groups is 1. The summed E-state index contributed by atoms with van der Waals surface area (Å²) in [6.07, 6.45) is 2.19. The zero-order chi connectivity index (χ0) is 23.2. The molecule has 0 bridgehead atoms. The van der Waals surface area contributed by atoms with Crippen LogP contribution in [0.2, 0.25) is 0 Å². The molecule has 8 heteroatoms. The highest BCUT2D eigenvalue weighted by Gasteiger charge is 2.24. The Balaban J connectivity index is 2.03. The molecule has 0 unspecified atom stereocenters. The second kappa shape index (κ2) is 14.0. The number of ether oxygens (including phenoxy) is 3. The average molecular weight is 443 g/mol. The van der Waals surface area contributed by atoms with Crippen LogP contribution in [-0.4, -0.2) is 43.1 Å². The first-order valence-corrected chi connectivity index (χ1v) is 10.4. The molecule has 0 aliphatic rings. The first-order valence-electron chi connectivity index (χ1n) is 10.4. The topological polar surface area (TPSA) is 106 Å². The van der Waals surface area contributed by atoms with Crippen molar-refractivity contribution in [2.45, 2.75) is 25.8 Å². The van der Waals surface area contributed by atoms with Crippen molar-refractivity contribution in [3.8, 4) is 11.5 Å². The van der Waals surface area contributed by atoms with Crippen LogP contribution in [0.5, 0.6) is 11.5 Å². The van der Waals surface area contributed by atoms with E-state index in [2.05, 4.69) is 11.9 Å². The Morgan fingerprint density at radius 1 is 1.06 bits per heavy atom. The van der Waals surface area contributed by atoms with Gasteiger partial charge in [0.15, 0.2) is 0 Å². The highest BCUT2D eigenvalue weighted by molar-refractivity contribution is 5.94. The molecule has 2 atom stereocenters. The standard InChI is InChI=1S/C24H30N2O6/c1-3-8-19(24(28)26-29)15-20(16-31-17-30-4-2)25-23(27)18-11-13-22(14-12-18)32-21-9-6-5-7-10-21/h3,5-7,9-14,19-20,29H,1,4,8,15-17H2,2H3,(H,25,27)(H,26,28)/t19-,20-/m1/s1. The third-order valence-corrected chi connectivity index (χ3v) is 4.62. The van der Waals surface area contributed by atoms with Crippen LogP contribution in [0.25, 0.3) is 0 Å². The third kappa shape index (κ3) is 8.50. The number of allylic oxidation sites excluding steroid dienone is 1. The van der Waals surface area contributed by atoms with Gasteiger partial charge in [0.2, 0.25) is 5.91 Å². The molecule has 2 aromatic carbocycles. The molecule has 0 aromatic heterocycles. The van der Waals surface area contributed by atoms with Crippen LogP contribution in [0.1, 0.15) is 30.1 Å². The fraction of sp³-hybridized carbons (Fsp3) is 0.333. The van der Waals surface area contributed by atoms with E-state index in [1.807, 2.05) is 37.3 Å². The highest BCUT2D eigenvalue weighted by atomic mass is 16.7. The third-order valence-electron chi connectivity index (χ3n) is 4.62. The monoisotopic (exact) mass is 442 g/mol. The number of hydrogen-bond donors (Lipinski definition) is 3. The fourth-order valence-corrected chi connectivity index (χ4v) is 3.02. The zero-order valence-corrected chi connectivity index (χ0v) is 18.2. The molecule has 0 aliphatic heterocycles. The zero-order valence-electron chi connectivity index (χ0n) is 18.2. The summed E-state index contributed by atoms with van der Waals surface area (Å²) in [5.74, 6) is -0.124. The van der Waals surface area contributed by atoms with Gasteiger partial charge in [-0.1, -0.05) is 24.3 Å². The minimum atomic E-state index is -0.569. The first-order chi connectivity index (χ1) is 15.6. The van der Waals surface area contributed by atoms with Crippen molar-refractivity contribution in [2.24, 2.45) is 5.92 Å². The van der Waals surface area contributed by atoms with Gasteiger partial charge in [-0.25, -0.2) is 5.48 Å². The van der Waals surface area contributed by atoms with Gasteiger partial charge in [-0.3, -0.25) is 14.8 Å². The molecule has 172 valence electrons. The molecule has 8 nitrogen and oxygen atoms in total. The van der Waals surface area contributed by atoms with Crippen LogP contribution in [0.15, 0.2) is 67.3 Å². The van der Waals surface area contributed by atoms with E-state index in [9.17, 15) is 9.59 Å². The normalized spacial score (nSPS) is 12.4. The van der Waals surface area contributed by atoms with Crippen LogP contribution in [0.4, 0.5) is 0 Å². The fourth-order valence-electron chi connectivity index (χ4n) is 3.02. The lowest BCUT2D eigenvalue weighted by Crippen LogP contribution is -2.42. The summed E-state index contributed by atoms with van der Waals surface area (Å²) in [6.45, 7) is 6.21. The van der Waals surface area contributed by atoms with Crippen molar-refractivity contribution in [1.82, 2.24) is 10.8 Å². The van der Waals surface area contributed by atoms with Gasteiger partial charge in [0, 0.05) is 18.1 Å². The molecule has 0 saturated heterocycles. The second-order valence-corrected chi connectivity index (χ2v) is 7.02. The van der Waals surface area contributed by atoms with E-state index in [-0.39, 0.29) is 25.7 Å². The molecule has 0 heterocycles. The summed E-state index contributed by atoms with van der Waals surface area (Å²) in [7, 11) is 0. The number of amides is 2. The lowest BCUT2D eigenvalue weighted by atomic mass is 9.95. The summed E-state index contributed by atoms with van der Waals surface area (Å²) < 4.78 is 16.4. The Morgan fingerprint density at radius 3 is 2.38 bits per heavy atom. The maximum absolute atomic E-state index is 12.8. The number of carbonyl (C=O) groups excluding carboxylic acids is 2. The molecule has 0 spiro atoms. The highest BCUT2D eigenvalue weighted by Crippen LogP contribution is 2.21. The van der Waals surface area contributed by atoms with Crippen LogP contribution >= 0.6 is 0 Å². The quantitative estimate of drug-likeness (QED) is 0.136. The smallest absolute Gasteiger partial charge is 0.251 e. The van der Waals surface area contributed by atoms with E-state index >= 15 is 0 Å². The Labute approximate surface area is 188 Å². The van der Waals surface area contributed by atoms with Crippen LogP contribution in [0, 0.1) is 5.92 Å². The van der Waals surface area contributed by atoms with Gasteiger partial charge >= 0.3 is 0 Å². The van der Waals surface area contributed by atoms with Crippen molar-refractivity contribution >= 4 is 11.8 Å². The van der Waals surface area contributed by atoms with Gasteiger partial charge in [-0.15, -0.1) is 6.58 Å². The van der Waals surface area contributed by atoms with Crippen molar-refractivity contribution < 1.29 is 29.0 Å². The van der Waals surface area contributed by atoms with Crippen LogP contribution in [-0.2, 0) is 14.3 Å². The number of carbonyl (C=O) groups is 2. The average Bonchev–Trinajstić information content (AvgIpc) is 2.82. The molecule has 2 aromatic rings. The summed E-state index contributed by atoms with van der Waals surface area (Å²) in [6, 6.07) is 15.6.